The highest BCUT2D eigenvalue weighted by Crippen LogP contribution is 2.37. The number of ether oxygens (including phenoxy) is 3. The first-order valence-electron chi connectivity index (χ1n) is 7.42. The fraction of sp³-hybridized carbons (Fsp3) is 0.222. The molecule has 2 aromatic carbocycles. The summed E-state index contributed by atoms with van der Waals surface area (Å²) in [7, 11) is 1.56. The van der Waals surface area contributed by atoms with Gasteiger partial charge in [0.1, 0.15) is 12.4 Å². The summed E-state index contributed by atoms with van der Waals surface area (Å²) in [6.07, 6.45) is 1.65. The topological polar surface area (TPSA) is 39.7 Å². The molecule has 0 atom stereocenters. The van der Waals surface area contributed by atoms with E-state index in [1.807, 2.05) is 12.1 Å². The van der Waals surface area contributed by atoms with Gasteiger partial charge in [-0.15, -0.1) is 0 Å². The fourth-order valence-electron chi connectivity index (χ4n) is 2.14. The minimum absolute atomic E-state index is 0.104. The summed E-state index contributed by atoms with van der Waals surface area (Å²) in [6, 6.07) is 10.1. The minimum Gasteiger partial charge on any atom is -0.493 e. The molecule has 0 aromatic heterocycles. The van der Waals surface area contributed by atoms with Crippen LogP contribution < -0.4 is 19.5 Å². The molecular weight excluding hydrogens is 396 g/mol. The molecule has 0 heterocycles. The molecule has 25 heavy (non-hydrogen) atoms. The van der Waals surface area contributed by atoms with E-state index in [4.69, 9.17) is 9.47 Å². The number of hydrogen-bond donors (Lipinski definition) is 1. The summed E-state index contributed by atoms with van der Waals surface area (Å²) in [5, 5.41) is 3.16. The van der Waals surface area contributed by atoms with Gasteiger partial charge in [-0.2, -0.15) is 8.78 Å². The molecule has 0 aliphatic heterocycles. The van der Waals surface area contributed by atoms with Crippen LogP contribution in [0.1, 0.15) is 5.56 Å². The van der Waals surface area contributed by atoms with E-state index in [0.29, 0.717) is 30.3 Å². The van der Waals surface area contributed by atoms with Gasteiger partial charge in [-0.25, -0.2) is 0 Å². The van der Waals surface area contributed by atoms with E-state index >= 15 is 0 Å². The molecule has 134 valence electrons. The van der Waals surface area contributed by atoms with Gasteiger partial charge < -0.3 is 19.5 Å². The number of hydrogen-bond acceptors (Lipinski definition) is 4. The Morgan fingerprint density at radius 3 is 2.76 bits per heavy atom. The molecule has 0 saturated heterocycles. The second-order valence-electron chi connectivity index (χ2n) is 4.97. The summed E-state index contributed by atoms with van der Waals surface area (Å²) in [6.45, 7) is 1.60. The largest absolute Gasteiger partial charge is 0.493 e. The van der Waals surface area contributed by atoms with Crippen molar-refractivity contribution < 1.29 is 23.0 Å². The standard InChI is InChI=1S/C18H18BrF2NO3/c1-3-7-24-17-15(19)8-12(9-16(17)23-2)11-22-13-5-4-6-14(10-13)25-18(20)21/h3-6,8-10,18,22H,1,7,11H2,2H3. The zero-order valence-corrected chi connectivity index (χ0v) is 15.2. The predicted molar refractivity (Wildman–Crippen MR) is 96.8 cm³/mol. The first kappa shape index (κ1) is 19.1. The van der Waals surface area contributed by atoms with E-state index < -0.39 is 6.61 Å². The molecular formula is C18H18BrF2NO3. The summed E-state index contributed by atoms with van der Waals surface area (Å²) in [5.41, 5.74) is 1.59. The van der Waals surface area contributed by atoms with Gasteiger partial charge in [0.2, 0.25) is 0 Å². The molecule has 0 aliphatic rings. The fourth-order valence-corrected chi connectivity index (χ4v) is 2.75. The molecule has 1 N–H and O–H groups in total. The molecule has 2 aromatic rings. The number of benzene rings is 2. The van der Waals surface area contributed by atoms with Crippen molar-refractivity contribution in [2.75, 3.05) is 19.0 Å². The first-order valence-corrected chi connectivity index (χ1v) is 8.21. The Balaban J connectivity index is 2.10. The molecule has 0 fully saturated rings. The summed E-state index contributed by atoms with van der Waals surface area (Å²) in [5.74, 6) is 1.29. The molecule has 0 saturated carbocycles. The van der Waals surface area contributed by atoms with Crippen LogP contribution in [0.5, 0.6) is 17.2 Å². The van der Waals surface area contributed by atoms with E-state index in [2.05, 4.69) is 32.6 Å². The lowest BCUT2D eigenvalue weighted by Crippen LogP contribution is -2.04. The quantitative estimate of drug-likeness (QED) is 0.570. The van der Waals surface area contributed by atoms with Crippen LogP contribution in [-0.2, 0) is 6.54 Å². The van der Waals surface area contributed by atoms with Crippen LogP contribution >= 0.6 is 15.9 Å². The van der Waals surface area contributed by atoms with Crippen molar-refractivity contribution in [3.05, 3.63) is 59.1 Å². The normalized spacial score (nSPS) is 10.4. The second kappa shape index (κ2) is 9.27. The monoisotopic (exact) mass is 413 g/mol. The average molecular weight is 414 g/mol. The number of anilines is 1. The van der Waals surface area contributed by atoms with E-state index in [9.17, 15) is 8.78 Å². The van der Waals surface area contributed by atoms with E-state index in [0.717, 1.165) is 10.0 Å². The van der Waals surface area contributed by atoms with Gasteiger partial charge in [0.25, 0.3) is 0 Å². The van der Waals surface area contributed by atoms with Crippen LogP contribution in [0.4, 0.5) is 14.5 Å². The lowest BCUT2D eigenvalue weighted by molar-refractivity contribution is -0.0498. The minimum atomic E-state index is -2.85. The Kier molecular flexibility index (Phi) is 7.06. The van der Waals surface area contributed by atoms with Gasteiger partial charge in [-0.3, -0.25) is 0 Å². The highest BCUT2D eigenvalue weighted by Gasteiger charge is 2.11. The van der Waals surface area contributed by atoms with Crippen molar-refractivity contribution in [3.8, 4) is 17.2 Å². The van der Waals surface area contributed by atoms with Gasteiger partial charge in [0.15, 0.2) is 11.5 Å². The Morgan fingerprint density at radius 2 is 2.08 bits per heavy atom. The zero-order chi connectivity index (χ0) is 18.2. The Labute approximate surface area is 153 Å². The van der Waals surface area contributed by atoms with Crippen LogP contribution in [0.25, 0.3) is 0 Å². The van der Waals surface area contributed by atoms with Crippen LogP contribution in [-0.4, -0.2) is 20.3 Å². The number of nitrogens with one attached hydrogen (secondary N) is 1. The van der Waals surface area contributed by atoms with Gasteiger partial charge in [0, 0.05) is 18.3 Å². The zero-order valence-electron chi connectivity index (χ0n) is 13.6. The Morgan fingerprint density at radius 1 is 1.28 bits per heavy atom. The van der Waals surface area contributed by atoms with E-state index in [-0.39, 0.29) is 5.75 Å². The third-order valence-electron chi connectivity index (χ3n) is 3.19. The molecule has 0 amide bonds. The van der Waals surface area contributed by atoms with Gasteiger partial charge in [-0.05, 0) is 45.8 Å². The molecule has 0 bridgehead atoms. The van der Waals surface area contributed by atoms with Crippen molar-refractivity contribution >= 4 is 21.6 Å². The molecule has 0 radical (unpaired) electrons. The summed E-state index contributed by atoms with van der Waals surface area (Å²) < 4.78 is 40.6. The molecule has 0 spiro atoms. The summed E-state index contributed by atoms with van der Waals surface area (Å²) in [4.78, 5) is 0. The van der Waals surface area contributed by atoms with Crippen LogP contribution in [0, 0.1) is 0 Å². The maximum absolute atomic E-state index is 12.3. The van der Waals surface area contributed by atoms with Crippen molar-refractivity contribution in [3.63, 3.8) is 0 Å². The van der Waals surface area contributed by atoms with E-state index in [1.165, 1.54) is 12.1 Å². The number of halogens is 3. The molecule has 0 aliphatic carbocycles. The number of rotatable bonds is 9. The van der Waals surface area contributed by atoms with Crippen LogP contribution in [0.3, 0.4) is 0 Å². The first-order chi connectivity index (χ1) is 12.0. The van der Waals surface area contributed by atoms with Crippen molar-refractivity contribution in [1.82, 2.24) is 0 Å². The van der Waals surface area contributed by atoms with Crippen molar-refractivity contribution in [2.45, 2.75) is 13.2 Å². The molecule has 7 heteroatoms. The summed E-state index contributed by atoms with van der Waals surface area (Å²) >= 11 is 3.46. The van der Waals surface area contributed by atoms with Gasteiger partial charge in [0.05, 0.1) is 11.6 Å². The third kappa shape index (κ3) is 5.63. The predicted octanol–water partition coefficient (Wildman–Crippen LogP) is 5.24. The smallest absolute Gasteiger partial charge is 0.387 e. The van der Waals surface area contributed by atoms with Crippen LogP contribution in [0.2, 0.25) is 0 Å². The average Bonchev–Trinajstić information content (AvgIpc) is 2.58. The lowest BCUT2D eigenvalue weighted by atomic mass is 10.2. The maximum Gasteiger partial charge on any atom is 0.387 e. The Bertz CT molecular complexity index is 725. The SMILES string of the molecule is C=CCOc1c(Br)cc(CNc2cccc(OC(F)F)c2)cc1OC. The highest BCUT2D eigenvalue weighted by molar-refractivity contribution is 9.10. The molecule has 2 rings (SSSR count). The van der Waals surface area contributed by atoms with E-state index in [1.54, 1.807) is 25.3 Å². The highest BCUT2D eigenvalue weighted by atomic mass is 79.9. The second-order valence-corrected chi connectivity index (χ2v) is 5.82. The number of alkyl halides is 2. The molecule has 0 unspecified atom stereocenters. The molecule has 4 nitrogen and oxygen atoms in total. The van der Waals surface area contributed by atoms with Gasteiger partial charge in [-0.1, -0.05) is 18.7 Å². The van der Waals surface area contributed by atoms with Crippen molar-refractivity contribution in [2.24, 2.45) is 0 Å². The van der Waals surface area contributed by atoms with Crippen LogP contribution in [0.15, 0.2) is 53.5 Å². The number of methoxy groups -OCH3 is 1. The Hall–Kier alpha value is -2.28. The van der Waals surface area contributed by atoms with Gasteiger partial charge >= 0.3 is 6.61 Å². The third-order valence-corrected chi connectivity index (χ3v) is 3.78. The maximum atomic E-state index is 12.3. The lowest BCUT2D eigenvalue weighted by Gasteiger charge is -2.14. The van der Waals surface area contributed by atoms with Crippen molar-refractivity contribution in [1.29, 1.82) is 0 Å².